The van der Waals surface area contributed by atoms with Crippen molar-refractivity contribution in [1.82, 2.24) is 0 Å². The Bertz CT molecular complexity index is 554. The molecule has 0 heterocycles. The number of halogens is 4. The van der Waals surface area contributed by atoms with Crippen LogP contribution in [-0.2, 0) is 0 Å². The van der Waals surface area contributed by atoms with Crippen molar-refractivity contribution >= 4 is 21.6 Å². The monoisotopic (exact) mass is 301 g/mol. The van der Waals surface area contributed by atoms with Crippen LogP contribution in [0.15, 0.2) is 22.3 Å². The molecular weight excluding hydrogens is 299 g/mol. The largest absolute Gasteiger partial charge is 0.356 e. The molecule has 0 saturated carbocycles. The molecule has 1 aromatic carbocycles. The van der Waals surface area contributed by atoms with E-state index in [-0.39, 0.29) is 5.57 Å². The standard InChI is InChI=1S/C10H3BrF3N3/c11-8-9(14)6(12)1-7(13)10(8)17-4-5(2-15)3-16/h1,4,17H. The van der Waals surface area contributed by atoms with Crippen LogP contribution in [0.4, 0.5) is 18.9 Å². The van der Waals surface area contributed by atoms with Crippen molar-refractivity contribution in [3.8, 4) is 12.1 Å². The molecule has 86 valence electrons. The van der Waals surface area contributed by atoms with E-state index in [4.69, 9.17) is 10.5 Å². The normalized spacial score (nSPS) is 9.06. The lowest BCUT2D eigenvalue weighted by Crippen LogP contribution is -1.99. The first kappa shape index (κ1) is 13.1. The summed E-state index contributed by atoms with van der Waals surface area (Å²) in [6.45, 7) is 0. The number of hydrogen-bond donors (Lipinski definition) is 1. The average Bonchev–Trinajstić information content (AvgIpc) is 2.31. The highest BCUT2D eigenvalue weighted by Gasteiger charge is 2.16. The Morgan fingerprint density at radius 1 is 1.24 bits per heavy atom. The van der Waals surface area contributed by atoms with Gasteiger partial charge in [0.25, 0.3) is 0 Å². The highest BCUT2D eigenvalue weighted by atomic mass is 79.9. The maximum Gasteiger partial charge on any atom is 0.175 e. The third-order valence-corrected chi connectivity index (χ3v) is 2.46. The number of benzene rings is 1. The molecule has 0 aromatic heterocycles. The van der Waals surface area contributed by atoms with Gasteiger partial charge in [0.1, 0.15) is 17.7 Å². The second-order valence-corrected chi connectivity index (χ2v) is 3.56. The van der Waals surface area contributed by atoms with Crippen molar-refractivity contribution in [2.75, 3.05) is 5.32 Å². The van der Waals surface area contributed by atoms with E-state index < -0.39 is 27.6 Å². The fourth-order valence-corrected chi connectivity index (χ4v) is 1.43. The van der Waals surface area contributed by atoms with E-state index in [1.165, 1.54) is 12.1 Å². The Morgan fingerprint density at radius 2 is 1.82 bits per heavy atom. The molecule has 17 heavy (non-hydrogen) atoms. The first-order valence-electron chi connectivity index (χ1n) is 4.11. The lowest BCUT2D eigenvalue weighted by Gasteiger charge is -2.07. The van der Waals surface area contributed by atoms with Crippen molar-refractivity contribution in [2.24, 2.45) is 0 Å². The van der Waals surface area contributed by atoms with Gasteiger partial charge in [-0.05, 0) is 15.9 Å². The fourth-order valence-electron chi connectivity index (χ4n) is 0.932. The van der Waals surface area contributed by atoms with Gasteiger partial charge in [0, 0.05) is 12.3 Å². The summed E-state index contributed by atoms with van der Waals surface area (Å²) >= 11 is 2.66. The predicted octanol–water partition coefficient (Wildman–Crippen LogP) is 3.21. The molecule has 0 atom stereocenters. The third kappa shape index (κ3) is 2.77. The molecule has 0 bridgehead atoms. The lowest BCUT2D eigenvalue weighted by molar-refractivity contribution is 0.492. The number of nitrogens with zero attached hydrogens (tertiary/aromatic N) is 2. The molecule has 0 fully saturated rings. The summed E-state index contributed by atoms with van der Waals surface area (Å²) in [5, 5.41) is 19.1. The van der Waals surface area contributed by atoms with Crippen molar-refractivity contribution < 1.29 is 13.2 Å². The van der Waals surface area contributed by atoms with Gasteiger partial charge in [-0.3, -0.25) is 0 Å². The molecule has 0 amide bonds. The van der Waals surface area contributed by atoms with Crippen LogP contribution in [0.5, 0.6) is 0 Å². The summed E-state index contributed by atoms with van der Waals surface area (Å²) in [6.07, 6.45) is 0.889. The molecule has 1 rings (SSSR count). The van der Waals surface area contributed by atoms with Gasteiger partial charge < -0.3 is 5.32 Å². The molecule has 0 radical (unpaired) electrons. The maximum atomic E-state index is 13.3. The van der Waals surface area contributed by atoms with Gasteiger partial charge >= 0.3 is 0 Å². The first-order chi connectivity index (χ1) is 8.01. The highest BCUT2D eigenvalue weighted by Crippen LogP contribution is 2.30. The van der Waals surface area contributed by atoms with E-state index in [0.717, 1.165) is 6.20 Å². The minimum absolute atomic E-state index is 0.332. The fraction of sp³-hybridized carbons (Fsp3) is 0. The maximum absolute atomic E-state index is 13.3. The summed E-state index contributed by atoms with van der Waals surface area (Å²) in [5.41, 5.74) is -0.729. The van der Waals surface area contributed by atoms with Gasteiger partial charge in [0.2, 0.25) is 0 Å². The van der Waals surface area contributed by atoms with Gasteiger partial charge in [0.15, 0.2) is 17.5 Å². The number of anilines is 1. The Balaban J connectivity index is 3.18. The Kier molecular flexibility index (Phi) is 4.13. The zero-order valence-corrected chi connectivity index (χ0v) is 9.65. The topological polar surface area (TPSA) is 59.6 Å². The zero-order valence-electron chi connectivity index (χ0n) is 8.06. The van der Waals surface area contributed by atoms with Gasteiger partial charge in [-0.1, -0.05) is 0 Å². The molecule has 7 heteroatoms. The average molecular weight is 302 g/mol. The van der Waals surface area contributed by atoms with Gasteiger partial charge in [0.05, 0.1) is 10.2 Å². The Hall–Kier alpha value is -1.99. The second-order valence-electron chi connectivity index (χ2n) is 2.77. The van der Waals surface area contributed by atoms with E-state index >= 15 is 0 Å². The summed E-state index contributed by atoms with van der Waals surface area (Å²) in [5.74, 6) is -3.66. The molecule has 0 aliphatic rings. The number of hydrogen-bond acceptors (Lipinski definition) is 3. The van der Waals surface area contributed by atoms with Crippen molar-refractivity contribution in [2.45, 2.75) is 0 Å². The molecule has 0 aliphatic heterocycles. The van der Waals surface area contributed by atoms with E-state index in [1.54, 1.807) is 0 Å². The zero-order chi connectivity index (χ0) is 13.0. The quantitative estimate of drug-likeness (QED) is 0.518. The molecule has 0 unspecified atom stereocenters. The van der Waals surface area contributed by atoms with Crippen molar-refractivity contribution in [3.63, 3.8) is 0 Å². The third-order valence-electron chi connectivity index (χ3n) is 1.72. The Labute approximate surface area is 103 Å². The predicted molar refractivity (Wildman–Crippen MR) is 56.9 cm³/mol. The smallest absolute Gasteiger partial charge is 0.175 e. The SMILES string of the molecule is N#CC(C#N)=CNc1c(F)cc(F)c(F)c1Br. The van der Waals surface area contributed by atoms with Crippen LogP contribution in [0.25, 0.3) is 0 Å². The van der Waals surface area contributed by atoms with Crippen LogP contribution < -0.4 is 5.32 Å². The number of nitrogens with one attached hydrogen (secondary N) is 1. The summed E-state index contributed by atoms with van der Waals surface area (Å²) in [7, 11) is 0. The van der Waals surface area contributed by atoms with Crippen LogP contribution in [0.2, 0.25) is 0 Å². The molecule has 0 spiro atoms. The van der Waals surface area contributed by atoms with Crippen LogP contribution in [-0.4, -0.2) is 0 Å². The summed E-state index contributed by atoms with van der Waals surface area (Å²) < 4.78 is 38.6. The highest BCUT2D eigenvalue weighted by molar-refractivity contribution is 9.10. The van der Waals surface area contributed by atoms with E-state index in [2.05, 4.69) is 21.2 Å². The first-order valence-corrected chi connectivity index (χ1v) is 4.90. The van der Waals surface area contributed by atoms with E-state index in [9.17, 15) is 13.2 Å². The number of rotatable bonds is 2. The molecule has 1 N–H and O–H groups in total. The summed E-state index contributed by atoms with van der Waals surface area (Å²) in [4.78, 5) is 0. The van der Waals surface area contributed by atoms with Crippen LogP contribution in [0.1, 0.15) is 0 Å². The second kappa shape index (κ2) is 5.37. The lowest BCUT2D eigenvalue weighted by atomic mass is 10.2. The van der Waals surface area contributed by atoms with Crippen molar-refractivity contribution in [3.05, 3.63) is 39.8 Å². The van der Waals surface area contributed by atoms with Crippen LogP contribution in [0, 0.1) is 40.1 Å². The van der Waals surface area contributed by atoms with Crippen LogP contribution in [0.3, 0.4) is 0 Å². The van der Waals surface area contributed by atoms with Gasteiger partial charge in [-0.25, -0.2) is 13.2 Å². The molecule has 3 nitrogen and oxygen atoms in total. The summed E-state index contributed by atoms with van der Waals surface area (Å²) in [6, 6.07) is 3.39. The number of nitriles is 2. The molecule has 0 aliphatic carbocycles. The minimum Gasteiger partial charge on any atom is -0.356 e. The van der Waals surface area contributed by atoms with Gasteiger partial charge in [-0.15, -0.1) is 0 Å². The Morgan fingerprint density at radius 3 is 2.35 bits per heavy atom. The van der Waals surface area contributed by atoms with E-state index in [1.807, 2.05) is 0 Å². The molecular formula is C10H3BrF3N3. The van der Waals surface area contributed by atoms with Crippen LogP contribution >= 0.6 is 15.9 Å². The van der Waals surface area contributed by atoms with E-state index in [0.29, 0.717) is 6.07 Å². The van der Waals surface area contributed by atoms with Gasteiger partial charge in [-0.2, -0.15) is 10.5 Å². The van der Waals surface area contributed by atoms with Crippen molar-refractivity contribution in [1.29, 1.82) is 10.5 Å². The minimum atomic E-state index is -1.34. The molecule has 0 saturated heterocycles. The molecule has 1 aromatic rings. The number of allylic oxidation sites excluding steroid dienone is 1.